The zero-order valence-corrected chi connectivity index (χ0v) is 22.7. The minimum Gasteiger partial charge on any atom is -0.497 e. The van der Waals surface area contributed by atoms with Crippen molar-refractivity contribution in [1.82, 2.24) is 14.7 Å². The molecular weight excluding hydrogens is 510 g/mol. The van der Waals surface area contributed by atoms with Crippen molar-refractivity contribution in [3.05, 3.63) is 113 Å². The molecule has 3 aromatic carbocycles. The van der Waals surface area contributed by atoms with Gasteiger partial charge in [0.2, 0.25) is 5.82 Å². The lowest BCUT2D eigenvalue weighted by Gasteiger charge is -2.09. The van der Waals surface area contributed by atoms with Crippen LogP contribution in [0.3, 0.4) is 0 Å². The van der Waals surface area contributed by atoms with Crippen molar-refractivity contribution in [2.24, 2.45) is 0 Å². The summed E-state index contributed by atoms with van der Waals surface area (Å²) in [5.41, 5.74) is 3.63. The van der Waals surface area contributed by atoms with Crippen LogP contribution in [0.5, 0.6) is 11.5 Å². The van der Waals surface area contributed by atoms with Gasteiger partial charge in [0.15, 0.2) is 0 Å². The molecule has 0 unspecified atom stereocenters. The van der Waals surface area contributed by atoms with Crippen molar-refractivity contribution in [3.8, 4) is 34.3 Å². The van der Waals surface area contributed by atoms with Crippen molar-refractivity contribution in [1.29, 1.82) is 0 Å². The fourth-order valence-electron chi connectivity index (χ4n) is 3.98. The minimum absolute atomic E-state index is 0.106. The van der Waals surface area contributed by atoms with Gasteiger partial charge in [0.25, 0.3) is 11.4 Å². The monoisotopic (exact) mass is 539 g/mol. The minimum atomic E-state index is -0.106. The summed E-state index contributed by atoms with van der Waals surface area (Å²) in [5, 5.41) is 4.16. The molecule has 39 heavy (non-hydrogen) atoms. The smallest absolute Gasteiger partial charge is 0.258 e. The van der Waals surface area contributed by atoms with Crippen LogP contribution in [0.15, 0.2) is 105 Å². The lowest BCUT2D eigenvalue weighted by Crippen LogP contribution is -2.19. The first-order valence-corrected chi connectivity index (χ1v) is 13.7. The highest BCUT2D eigenvalue weighted by Gasteiger charge is 2.12. The van der Waals surface area contributed by atoms with E-state index in [1.54, 1.807) is 35.7 Å². The van der Waals surface area contributed by atoms with Gasteiger partial charge < -0.3 is 18.6 Å². The number of pyridine rings is 1. The van der Waals surface area contributed by atoms with Crippen LogP contribution in [0.4, 0.5) is 0 Å². The number of benzene rings is 3. The van der Waals surface area contributed by atoms with Crippen LogP contribution in [0, 0.1) is 0 Å². The molecule has 0 spiro atoms. The highest BCUT2D eigenvalue weighted by Crippen LogP contribution is 2.28. The molecule has 2 heterocycles. The Labute approximate surface area is 231 Å². The largest absolute Gasteiger partial charge is 0.497 e. The van der Waals surface area contributed by atoms with Gasteiger partial charge >= 0.3 is 0 Å². The Morgan fingerprint density at radius 2 is 1.69 bits per heavy atom. The van der Waals surface area contributed by atoms with E-state index in [1.165, 1.54) is 11.6 Å². The first-order valence-electron chi connectivity index (χ1n) is 12.7. The van der Waals surface area contributed by atoms with E-state index in [0.29, 0.717) is 30.4 Å². The summed E-state index contributed by atoms with van der Waals surface area (Å²) in [5.74, 6) is 3.37. The summed E-state index contributed by atoms with van der Waals surface area (Å²) in [4.78, 5) is 18.3. The molecule has 8 heteroatoms. The maximum Gasteiger partial charge on any atom is 0.258 e. The quantitative estimate of drug-likeness (QED) is 0.173. The molecule has 0 N–H and O–H groups in total. The van der Waals surface area contributed by atoms with Gasteiger partial charge in [-0.2, -0.15) is 4.98 Å². The van der Waals surface area contributed by atoms with Crippen molar-refractivity contribution >= 4 is 11.8 Å². The van der Waals surface area contributed by atoms with E-state index in [1.807, 2.05) is 60.7 Å². The Balaban J connectivity index is 1.26. The fourth-order valence-corrected chi connectivity index (χ4v) is 4.83. The van der Waals surface area contributed by atoms with E-state index in [4.69, 9.17) is 14.0 Å². The summed E-state index contributed by atoms with van der Waals surface area (Å²) in [6.45, 7) is 3.14. The van der Waals surface area contributed by atoms with Crippen LogP contribution in [0.1, 0.15) is 24.5 Å². The molecule has 0 amide bonds. The zero-order chi connectivity index (χ0) is 27.0. The molecule has 5 aromatic rings. The van der Waals surface area contributed by atoms with Crippen molar-refractivity contribution in [3.63, 3.8) is 0 Å². The summed E-state index contributed by atoms with van der Waals surface area (Å²) in [6.07, 6.45) is 2.70. The number of methoxy groups -OCH3 is 1. The number of hydrogen-bond donors (Lipinski definition) is 0. The van der Waals surface area contributed by atoms with Crippen molar-refractivity contribution in [2.75, 3.05) is 13.7 Å². The molecule has 198 valence electrons. The van der Waals surface area contributed by atoms with E-state index in [0.717, 1.165) is 39.7 Å². The number of nitrogens with zero attached hydrogens (tertiary/aromatic N) is 3. The maximum absolute atomic E-state index is 12.6. The van der Waals surface area contributed by atoms with Crippen molar-refractivity contribution in [2.45, 2.75) is 30.5 Å². The molecule has 0 aliphatic carbocycles. The number of hydrogen-bond acceptors (Lipinski definition) is 7. The molecule has 0 radical (unpaired) electrons. The number of thioether (sulfide) groups is 1. The van der Waals surface area contributed by atoms with Gasteiger partial charge in [-0.15, -0.1) is 11.8 Å². The Hall–Kier alpha value is -4.30. The second-order valence-electron chi connectivity index (χ2n) is 8.96. The van der Waals surface area contributed by atoms with Crippen LogP contribution in [-0.4, -0.2) is 28.4 Å². The normalized spacial score (nSPS) is 10.9. The molecule has 0 atom stereocenters. The molecule has 7 nitrogen and oxygen atoms in total. The van der Waals surface area contributed by atoms with E-state index >= 15 is 0 Å². The topological polar surface area (TPSA) is 79.4 Å². The lowest BCUT2D eigenvalue weighted by molar-refractivity contribution is 0.317. The Kier molecular flexibility index (Phi) is 8.43. The van der Waals surface area contributed by atoms with Gasteiger partial charge in [0, 0.05) is 34.0 Å². The molecule has 0 saturated heterocycles. The Bertz CT molecular complexity index is 1580. The van der Waals surface area contributed by atoms with Crippen molar-refractivity contribution < 1.29 is 14.0 Å². The lowest BCUT2D eigenvalue weighted by atomic mass is 10.2. The average Bonchev–Trinajstić information content (AvgIpc) is 3.47. The summed E-state index contributed by atoms with van der Waals surface area (Å²) in [6, 6.07) is 27.2. The Morgan fingerprint density at radius 3 is 2.46 bits per heavy atom. The standard InChI is InChI=1S/C31H29N3O4S/c1-3-17-37-27-6-4-5-23(18-27)19-34-20-25(11-16-29(34)35)30-32-31(38-33-30)24-9-14-28(15-10-24)39-21-22-7-12-26(36-2)13-8-22/h4-16,18,20H,3,17,19,21H2,1-2H3. The van der Waals surface area contributed by atoms with Crippen LogP contribution >= 0.6 is 11.8 Å². The number of ether oxygens (including phenoxy) is 2. The number of aromatic nitrogens is 3. The van der Waals surface area contributed by atoms with E-state index in [2.05, 4.69) is 29.2 Å². The maximum atomic E-state index is 12.6. The summed E-state index contributed by atoms with van der Waals surface area (Å²) in [7, 11) is 1.67. The molecular formula is C31H29N3O4S. The molecule has 0 saturated carbocycles. The van der Waals surface area contributed by atoms with Crippen LogP contribution < -0.4 is 15.0 Å². The predicted molar refractivity (Wildman–Crippen MR) is 153 cm³/mol. The van der Waals surface area contributed by atoms with Crippen LogP contribution in [0.25, 0.3) is 22.8 Å². The fraction of sp³-hybridized carbons (Fsp3) is 0.194. The van der Waals surface area contributed by atoms with E-state index in [-0.39, 0.29) is 5.56 Å². The highest BCUT2D eigenvalue weighted by atomic mass is 32.2. The molecule has 0 bridgehead atoms. The molecule has 0 aliphatic heterocycles. The van der Waals surface area contributed by atoms with Gasteiger partial charge in [-0.1, -0.05) is 36.3 Å². The van der Waals surface area contributed by atoms with Gasteiger partial charge in [-0.05, 0) is 72.1 Å². The third kappa shape index (κ3) is 6.78. The molecule has 2 aromatic heterocycles. The molecule has 0 aliphatic rings. The third-order valence-corrected chi connectivity index (χ3v) is 7.14. The summed E-state index contributed by atoms with van der Waals surface area (Å²) >= 11 is 1.75. The van der Waals surface area contributed by atoms with Crippen LogP contribution in [0.2, 0.25) is 0 Å². The zero-order valence-electron chi connectivity index (χ0n) is 21.9. The number of rotatable bonds is 11. The van der Waals surface area contributed by atoms with E-state index in [9.17, 15) is 4.79 Å². The average molecular weight is 540 g/mol. The van der Waals surface area contributed by atoms with Crippen LogP contribution in [-0.2, 0) is 12.3 Å². The SMILES string of the molecule is CCCOc1cccc(Cn2cc(-c3noc(-c4ccc(SCc5ccc(OC)cc5)cc4)n3)ccc2=O)c1. The van der Waals surface area contributed by atoms with Gasteiger partial charge in [0.05, 0.1) is 20.3 Å². The molecule has 5 rings (SSSR count). The first kappa shape index (κ1) is 26.3. The highest BCUT2D eigenvalue weighted by molar-refractivity contribution is 7.98. The third-order valence-electron chi connectivity index (χ3n) is 6.06. The van der Waals surface area contributed by atoms with Gasteiger partial charge in [-0.3, -0.25) is 4.79 Å². The predicted octanol–water partition coefficient (Wildman–Crippen LogP) is 6.70. The van der Waals surface area contributed by atoms with Gasteiger partial charge in [-0.25, -0.2) is 0 Å². The molecule has 0 fully saturated rings. The second-order valence-corrected chi connectivity index (χ2v) is 10.0. The first-order chi connectivity index (χ1) is 19.1. The second kappa shape index (κ2) is 12.5. The van der Waals surface area contributed by atoms with E-state index < -0.39 is 0 Å². The Morgan fingerprint density at radius 1 is 0.897 bits per heavy atom. The van der Waals surface area contributed by atoms with Gasteiger partial charge in [0.1, 0.15) is 11.5 Å². The summed E-state index contributed by atoms with van der Waals surface area (Å²) < 4.78 is 18.1.